The Labute approximate surface area is 249 Å². The standard InChI is InChI=1S/C32H36F2N4O3S/c1-32(2,3)31(37(15-7-14-35)30(41)20-42-21-38-28(39)12-13-29(38)40)27-16-23(25-17-24(33)10-11-26(25)34)19-36(27)18-22-8-5-4-6-9-22/h4-6,8-13,16-17,19,31H,7,14-15,18,20-21,35H2,1-3H3. The minimum Gasteiger partial charge on any atom is -0.344 e. The summed E-state index contributed by atoms with van der Waals surface area (Å²) in [6.07, 6.45) is 4.79. The number of halogens is 2. The van der Waals surface area contributed by atoms with Crippen LogP contribution >= 0.6 is 11.8 Å². The molecule has 0 saturated heterocycles. The number of imide groups is 1. The number of nitrogens with zero attached hydrogens (tertiary/aromatic N) is 3. The Balaban J connectivity index is 1.73. The van der Waals surface area contributed by atoms with Gasteiger partial charge in [0.05, 0.1) is 17.7 Å². The van der Waals surface area contributed by atoms with E-state index in [4.69, 9.17) is 5.73 Å². The highest BCUT2D eigenvalue weighted by molar-refractivity contribution is 7.99. The molecule has 2 heterocycles. The van der Waals surface area contributed by atoms with E-state index in [2.05, 4.69) is 0 Å². The lowest BCUT2D eigenvalue weighted by Gasteiger charge is -2.41. The zero-order valence-electron chi connectivity index (χ0n) is 24.1. The molecule has 42 heavy (non-hydrogen) atoms. The number of thioether (sulfide) groups is 1. The number of nitrogens with two attached hydrogens (primary N) is 1. The molecular formula is C32H36F2N4O3S. The van der Waals surface area contributed by atoms with Crippen molar-refractivity contribution >= 4 is 29.5 Å². The summed E-state index contributed by atoms with van der Waals surface area (Å²) in [6, 6.07) is 14.5. The van der Waals surface area contributed by atoms with Crippen molar-refractivity contribution < 1.29 is 23.2 Å². The molecule has 1 aliphatic heterocycles. The first-order valence-corrected chi connectivity index (χ1v) is 15.0. The van der Waals surface area contributed by atoms with E-state index >= 15 is 0 Å². The van der Waals surface area contributed by atoms with Crippen LogP contribution in [0, 0.1) is 17.0 Å². The third-order valence-electron chi connectivity index (χ3n) is 7.05. The van der Waals surface area contributed by atoms with Crippen LogP contribution in [0.3, 0.4) is 0 Å². The van der Waals surface area contributed by atoms with Crippen molar-refractivity contribution in [2.75, 3.05) is 24.7 Å². The van der Waals surface area contributed by atoms with Gasteiger partial charge >= 0.3 is 0 Å². The van der Waals surface area contributed by atoms with Crippen LogP contribution in [0.2, 0.25) is 0 Å². The minimum atomic E-state index is -0.543. The Morgan fingerprint density at radius 1 is 1.02 bits per heavy atom. The van der Waals surface area contributed by atoms with Crippen LogP contribution in [0.1, 0.15) is 44.5 Å². The van der Waals surface area contributed by atoms with Crippen molar-refractivity contribution in [3.8, 4) is 11.1 Å². The summed E-state index contributed by atoms with van der Waals surface area (Å²) in [7, 11) is 0. The van der Waals surface area contributed by atoms with Gasteiger partial charge in [0.2, 0.25) is 5.91 Å². The van der Waals surface area contributed by atoms with Gasteiger partial charge in [0, 0.05) is 48.3 Å². The second kappa shape index (κ2) is 13.5. The molecule has 3 amide bonds. The first-order chi connectivity index (χ1) is 20.0. The molecule has 0 radical (unpaired) electrons. The predicted molar refractivity (Wildman–Crippen MR) is 161 cm³/mol. The zero-order valence-corrected chi connectivity index (χ0v) is 24.9. The van der Waals surface area contributed by atoms with Gasteiger partial charge in [-0.25, -0.2) is 8.78 Å². The molecule has 1 aromatic heterocycles. The summed E-state index contributed by atoms with van der Waals surface area (Å²) < 4.78 is 31.1. The van der Waals surface area contributed by atoms with E-state index < -0.39 is 34.9 Å². The highest BCUT2D eigenvalue weighted by Gasteiger charge is 2.37. The van der Waals surface area contributed by atoms with Gasteiger partial charge in [-0.2, -0.15) is 0 Å². The number of rotatable bonds is 12. The first-order valence-electron chi connectivity index (χ1n) is 13.8. The average Bonchev–Trinajstić information content (AvgIpc) is 3.49. The van der Waals surface area contributed by atoms with Crippen LogP contribution < -0.4 is 5.73 Å². The van der Waals surface area contributed by atoms with E-state index in [1.807, 2.05) is 61.7 Å². The van der Waals surface area contributed by atoms with Crippen LogP contribution in [0.15, 0.2) is 72.9 Å². The maximum atomic E-state index is 14.9. The van der Waals surface area contributed by atoms with Crippen molar-refractivity contribution in [2.24, 2.45) is 11.1 Å². The summed E-state index contributed by atoms with van der Waals surface area (Å²) in [5, 5.41) is 0. The van der Waals surface area contributed by atoms with E-state index in [0.29, 0.717) is 31.6 Å². The lowest BCUT2D eigenvalue weighted by Crippen LogP contribution is -2.44. The molecule has 2 N–H and O–H groups in total. The normalized spacial score (nSPS) is 14.1. The predicted octanol–water partition coefficient (Wildman–Crippen LogP) is 5.36. The van der Waals surface area contributed by atoms with E-state index in [1.54, 1.807) is 11.1 Å². The van der Waals surface area contributed by atoms with Gasteiger partial charge in [0.25, 0.3) is 11.8 Å². The highest BCUT2D eigenvalue weighted by atomic mass is 32.2. The molecule has 1 aliphatic rings. The van der Waals surface area contributed by atoms with Crippen molar-refractivity contribution in [3.05, 3.63) is 95.8 Å². The van der Waals surface area contributed by atoms with Gasteiger partial charge < -0.3 is 15.2 Å². The van der Waals surface area contributed by atoms with Gasteiger partial charge in [-0.3, -0.25) is 19.3 Å². The van der Waals surface area contributed by atoms with Gasteiger partial charge in [0.15, 0.2) is 0 Å². The average molecular weight is 595 g/mol. The fourth-order valence-corrected chi connectivity index (χ4v) is 6.01. The molecule has 2 aromatic carbocycles. The summed E-state index contributed by atoms with van der Waals surface area (Å²) in [4.78, 5) is 40.6. The minimum absolute atomic E-state index is 0.0407. The van der Waals surface area contributed by atoms with Crippen LogP contribution in [0.4, 0.5) is 8.78 Å². The maximum Gasteiger partial charge on any atom is 0.254 e. The molecular weight excluding hydrogens is 558 g/mol. The van der Waals surface area contributed by atoms with Crippen LogP contribution in [0.5, 0.6) is 0 Å². The van der Waals surface area contributed by atoms with E-state index in [-0.39, 0.29) is 23.1 Å². The second-order valence-corrected chi connectivity index (χ2v) is 12.3. The zero-order chi connectivity index (χ0) is 30.4. The van der Waals surface area contributed by atoms with Gasteiger partial charge in [-0.05, 0) is 48.2 Å². The Hall–Kier alpha value is -3.76. The van der Waals surface area contributed by atoms with Gasteiger partial charge in [-0.1, -0.05) is 51.1 Å². The Morgan fingerprint density at radius 2 is 1.71 bits per heavy atom. The molecule has 7 nitrogen and oxygen atoms in total. The van der Waals surface area contributed by atoms with Crippen LogP contribution in [0.25, 0.3) is 11.1 Å². The van der Waals surface area contributed by atoms with E-state index in [0.717, 1.165) is 28.3 Å². The molecule has 0 spiro atoms. The molecule has 0 bridgehead atoms. The highest BCUT2D eigenvalue weighted by Crippen LogP contribution is 2.41. The molecule has 3 aromatic rings. The maximum absolute atomic E-state index is 14.9. The Bertz CT molecular complexity index is 1450. The second-order valence-electron chi connectivity index (χ2n) is 11.3. The van der Waals surface area contributed by atoms with Crippen molar-refractivity contribution in [3.63, 3.8) is 0 Å². The van der Waals surface area contributed by atoms with Crippen LogP contribution in [-0.4, -0.2) is 56.8 Å². The number of aromatic nitrogens is 1. The quantitative estimate of drug-likeness (QED) is 0.285. The smallest absolute Gasteiger partial charge is 0.254 e. The summed E-state index contributed by atoms with van der Waals surface area (Å²) in [5.74, 6) is -1.95. The van der Waals surface area contributed by atoms with E-state index in [9.17, 15) is 23.2 Å². The van der Waals surface area contributed by atoms with Gasteiger partial charge in [-0.15, -0.1) is 11.8 Å². The largest absolute Gasteiger partial charge is 0.344 e. The summed E-state index contributed by atoms with van der Waals surface area (Å²) in [5.41, 5.74) is 7.83. The molecule has 1 unspecified atom stereocenters. The number of benzene rings is 2. The van der Waals surface area contributed by atoms with Crippen molar-refractivity contribution in [1.82, 2.24) is 14.4 Å². The number of amides is 3. The molecule has 10 heteroatoms. The third-order valence-corrected chi connectivity index (χ3v) is 7.94. The number of hydrogen-bond donors (Lipinski definition) is 1. The molecule has 1 atom stereocenters. The van der Waals surface area contributed by atoms with Crippen molar-refractivity contribution in [2.45, 2.75) is 39.8 Å². The lowest BCUT2D eigenvalue weighted by atomic mass is 9.83. The SMILES string of the molecule is CC(C)(C)C(c1cc(-c2cc(F)ccc2F)cn1Cc1ccccc1)N(CCCN)C(=O)CSCN1C(=O)C=CC1=O. The van der Waals surface area contributed by atoms with Gasteiger partial charge in [0.1, 0.15) is 11.6 Å². The number of hydrogen-bond acceptors (Lipinski definition) is 5. The molecule has 4 rings (SSSR count). The Kier molecular flexibility index (Phi) is 10.0. The molecule has 222 valence electrons. The molecule has 0 fully saturated rings. The molecule has 0 saturated carbocycles. The molecule has 0 aliphatic carbocycles. The fourth-order valence-electron chi connectivity index (χ4n) is 5.14. The summed E-state index contributed by atoms with van der Waals surface area (Å²) >= 11 is 1.19. The third kappa shape index (κ3) is 7.35. The van der Waals surface area contributed by atoms with E-state index in [1.165, 1.54) is 30.0 Å². The lowest BCUT2D eigenvalue weighted by molar-refractivity contribution is -0.136. The monoisotopic (exact) mass is 594 g/mol. The number of carbonyl (C=O) groups excluding carboxylic acids is 3. The van der Waals surface area contributed by atoms with Crippen molar-refractivity contribution in [1.29, 1.82) is 0 Å². The Morgan fingerprint density at radius 3 is 2.36 bits per heavy atom. The summed E-state index contributed by atoms with van der Waals surface area (Å²) in [6.45, 7) is 7.30. The fraction of sp³-hybridized carbons (Fsp3) is 0.344. The number of carbonyl (C=O) groups is 3. The topological polar surface area (TPSA) is 88.6 Å². The van der Waals surface area contributed by atoms with Crippen LogP contribution in [-0.2, 0) is 20.9 Å². The first kappa shape index (κ1) is 31.2.